The average molecular weight is 416 g/mol. The third-order valence-electron chi connectivity index (χ3n) is 4.06. The molecule has 0 saturated carbocycles. The minimum absolute atomic E-state index is 0.0932. The van der Waals surface area contributed by atoms with Crippen molar-refractivity contribution in [1.82, 2.24) is 0 Å². The topological polar surface area (TPSA) is 46.6 Å². The van der Waals surface area contributed by atoms with Gasteiger partial charge in [0.1, 0.15) is 5.82 Å². The lowest BCUT2D eigenvalue weighted by Gasteiger charge is -2.18. The Morgan fingerprint density at radius 1 is 1.15 bits per heavy atom. The molecule has 1 aliphatic rings. The maximum Gasteiger partial charge on any atom is 0.340 e. The molecule has 132 valence electrons. The van der Waals surface area contributed by atoms with Crippen molar-refractivity contribution in [2.45, 2.75) is 6.92 Å². The minimum atomic E-state index is -0.641. The van der Waals surface area contributed by atoms with E-state index in [1.165, 1.54) is 30.2 Å². The van der Waals surface area contributed by atoms with Crippen LogP contribution in [-0.2, 0) is 14.3 Å². The van der Waals surface area contributed by atoms with Crippen LogP contribution in [0.4, 0.5) is 10.1 Å². The molecule has 1 heterocycles. The number of anilines is 1. The van der Waals surface area contributed by atoms with E-state index in [0.717, 1.165) is 10.0 Å². The van der Waals surface area contributed by atoms with Gasteiger partial charge < -0.3 is 4.74 Å². The van der Waals surface area contributed by atoms with E-state index in [1.807, 2.05) is 12.1 Å². The molecule has 1 amide bonds. The summed E-state index contributed by atoms with van der Waals surface area (Å²) in [6.45, 7) is 1.60. The van der Waals surface area contributed by atoms with Crippen LogP contribution in [0.5, 0.6) is 0 Å². The summed E-state index contributed by atoms with van der Waals surface area (Å²) >= 11 is 3.35. The minimum Gasteiger partial charge on any atom is -0.465 e. The van der Waals surface area contributed by atoms with Crippen LogP contribution in [0.15, 0.2) is 69.8 Å². The van der Waals surface area contributed by atoms with Gasteiger partial charge in [0.2, 0.25) is 0 Å². The zero-order chi connectivity index (χ0) is 18.8. The number of carbonyl (C=O) groups is 2. The molecule has 0 atom stereocenters. The summed E-state index contributed by atoms with van der Waals surface area (Å²) in [5.41, 5.74) is 1.45. The Labute approximate surface area is 158 Å². The second kappa shape index (κ2) is 7.25. The van der Waals surface area contributed by atoms with Crippen molar-refractivity contribution < 1.29 is 18.7 Å². The summed E-state index contributed by atoms with van der Waals surface area (Å²) in [7, 11) is 1.25. The van der Waals surface area contributed by atoms with Gasteiger partial charge in [0.15, 0.2) is 0 Å². The standard InChI is InChI=1S/C20H15BrFNO3/c1-12-18(20(25)26-2)15(11-13-7-9-14(21)10-8-13)19(24)23(12)17-6-4-3-5-16(17)22/h3-11H,1-2H3/b15-11-. The van der Waals surface area contributed by atoms with Crippen LogP contribution < -0.4 is 4.90 Å². The van der Waals surface area contributed by atoms with E-state index in [2.05, 4.69) is 15.9 Å². The molecule has 4 nitrogen and oxygen atoms in total. The maximum absolute atomic E-state index is 14.2. The zero-order valence-electron chi connectivity index (χ0n) is 14.1. The Morgan fingerprint density at radius 3 is 2.42 bits per heavy atom. The molecule has 26 heavy (non-hydrogen) atoms. The van der Waals surface area contributed by atoms with Crippen molar-refractivity contribution in [3.63, 3.8) is 0 Å². The molecule has 1 aliphatic heterocycles. The van der Waals surface area contributed by atoms with Gasteiger partial charge in [-0.15, -0.1) is 0 Å². The predicted octanol–water partition coefficient (Wildman–Crippen LogP) is 4.47. The summed E-state index contributed by atoms with van der Waals surface area (Å²) in [4.78, 5) is 26.5. The fraction of sp³-hybridized carbons (Fsp3) is 0.100. The third-order valence-corrected chi connectivity index (χ3v) is 4.59. The lowest BCUT2D eigenvalue weighted by molar-refractivity contribution is -0.136. The number of esters is 1. The fourth-order valence-corrected chi connectivity index (χ4v) is 3.09. The number of methoxy groups -OCH3 is 1. The molecule has 2 aromatic carbocycles. The zero-order valence-corrected chi connectivity index (χ0v) is 15.7. The molecular weight excluding hydrogens is 401 g/mol. The number of hydrogen-bond donors (Lipinski definition) is 0. The summed E-state index contributed by atoms with van der Waals surface area (Å²) in [5.74, 6) is -1.66. The average Bonchev–Trinajstić information content (AvgIpc) is 2.87. The Kier molecular flexibility index (Phi) is 5.04. The number of allylic oxidation sites excluding steroid dienone is 1. The third kappa shape index (κ3) is 3.20. The Balaban J connectivity index is 2.16. The second-order valence-electron chi connectivity index (χ2n) is 5.65. The highest BCUT2D eigenvalue weighted by Gasteiger charge is 2.38. The summed E-state index contributed by atoms with van der Waals surface area (Å²) < 4.78 is 20.0. The summed E-state index contributed by atoms with van der Waals surface area (Å²) in [6.07, 6.45) is 1.60. The second-order valence-corrected chi connectivity index (χ2v) is 6.57. The number of halogens is 2. The van der Waals surface area contributed by atoms with Gasteiger partial charge in [0.25, 0.3) is 5.91 Å². The van der Waals surface area contributed by atoms with Crippen LogP contribution >= 0.6 is 15.9 Å². The number of carbonyl (C=O) groups excluding carboxylic acids is 2. The quantitative estimate of drug-likeness (QED) is 0.548. The number of ether oxygens (including phenoxy) is 1. The molecule has 0 aliphatic carbocycles. The molecule has 0 fully saturated rings. The first-order chi connectivity index (χ1) is 12.4. The van der Waals surface area contributed by atoms with Crippen LogP contribution in [-0.4, -0.2) is 19.0 Å². The van der Waals surface area contributed by atoms with Gasteiger partial charge in [-0.25, -0.2) is 9.18 Å². The molecular formula is C20H15BrFNO3. The largest absolute Gasteiger partial charge is 0.465 e. The van der Waals surface area contributed by atoms with Crippen LogP contribution in [0.25, 0.3) is 6.08 Å². The Hall–Kier alpha value is -2.73. The van der Waals surface area contributed by atoms with Crippen LogP contribution in [0, 0.1) is 5.82 Å². The van der Waals surface area contributed by atoms with Crippen molar-refractivity contribution in [3.8, 4) is 0 Å². The van der Waals surface area contributed by atoms with E-state index in [-0.39, 0.29) is 16.8 Å². The van der Waals surface area contributed by atoms with Gasteiger partial charge in [0.05, 0.1) is 23.9 Å². The number of para-hydroxylation sites is 1. The van der Waals surface area contributed by atoms with Crippen molar-refractivity contribution in [3.05, 3.63) is 81.2 Å². The normalized spacial score (nSPS) is 15.8. The van der Waals surface area contributed by atoms with E-state index >= 15 is 0 Å². The lowest BCUT2D eigenvalue weighted by atomic mass is 10.0. The molecule has 0 radical (unpaired) electrons. The summed E-state index contributed by atoms with van der Waals surface area (Å²) in [5, 5.41) is 0. The fourth-order valence-electron chi connectivity index (χ4n) is 2.83. The van der Waals surface area contributed by atoms with Gasteiger partial charge in [-0.05, 0) is 42.8 Å². The van der Waals surface area contributed by atoms with Crippen LogP contribution in [0.1, 0.15) is 12.5 Å². The molecule has 0 aromatic heterocycles. The maximum atomic E-state index is 14.2. The molecule has 0 bridgehead atoms. The number of hydrogen-bond acceptors (Lipinski definition) is 3. The molecule has 0 saturated heterocycles. The Bertz CT molecular complexity index is 948. The SMILES string of the molecule is COC(=O)C1=C(C)N(c2ccccc2F)C(=O)/C1=C\c1ccc(Br)cc1. The lowest BCUT2D eigenvalue weighted by Crippen LogP contribution is -2.25. The van der Waals surface area contributed by atoms with E-state index in [1.54, 1.807) is 31.2 Å². The summed E-state index contributed by atoms with van der Waals surface area (Å²) in [6, 6.07) is 13.2. The number of amides is 1. The van der Waals surface area contributed by atoms with Crippen molar-refractivity contribution in [2.24, 2.45) is 0 Å². The van der Waals surface area contributed by atoms with E-state index in [0.29, 0.717) is 5.70 Å². The van der Waals surface area contributed by atoms with Crippen LogP contribution in [0.2, 0.25) is 0 Å². The van der Waals surface area contributed by atoms with Crippen molar-refractivity contribution in [2.75, 3.05) is 12.0 Å². The number of nitrogens with zero attached hydrogens (tertiary/aromatic N) is 1. The highest BCUT2D eigenvalue weighted by Crippen LogP contribution is 2.36. The molecule has 0 unspecified atom stereocenters. The molecule has 0 N–H and O–H groups in total. The molecule has 0 spiro atoms. The van der Waals surface area contributed by atoms with Crippen molar-refractivity contribution >= 4 is 39.6 Å². The monoisotopic (exact) mass is 415 g/mol. The van der Waals surface area contributed by atoms with Crippen LogP contribution in [0.3, 0.4) is 0 Å². The highest BCUT2D eigenvalue weighted by molar-refractivity contribution is 9.10. The first-order valence-corrected chi connectivity index (χ1v) is 8.59. The van der Waals surface area contributed by atoms with Gasteiger partial charge in [-0.2, -0.15) is 0 Å². The first kappa shape index (κ1) is 18.1. The van der Waals surface area contributed by atoms with E-state index in [4.69, 9.17) is 4.74 Å². The van der Waals surface area contributed by atoms with Crippen molar-refractivity contribution in [1.29, 1.82) is 0 Å². The van der Waals surface area contributed by atoms with E-state index < -0.39 is 17.7 Å². The number of rotatable bonds is 3. The molecule has 2 aromatic rings. The van der Waals surface area contributed by atoms with Gasteiger partial charge in [-0.3, -0.25) is 9.69 Å². The highest BCUT2D eigenvalue weighted by atomic mass is 79.9. The predicted molar refractivity (Wildman–Crippen MR) is 101 cm³/mol. The number of benzene rings is 2. The van der Waals surface area contributed by atoms with E-state index in [9.17, 15) is 14.0 Å². The van der Waals surface area contributed by atoms with Gasteiger partial charge in [-0.1, -0.05) is 40.2 Å². The molecule has 6 heteroatoms. The van der Waals surface area contributed by atoms with Gasteiger partial charge >= 0.3 is 5.97 Å². The Morgan fingerprint density at radius 2 is 1.81 bits per heavy atom. The van der Waals surface area contributed by atoms with Gasteiger partial charge in [0, 0.05) is 10.2 Å². The molecule has 3 rings (SSSR count). The smallest absolute Gasteiger partial charge is 0.340 e. The first-order valence-electron chi connectivity index (χ1n) is 7.80.